The number of carbonyl (C=O) groups excluding carboxylic acids is 1. The summed E-state index contributed by atoms with van der Waals surface area (Å²) in [7, 11) is 0. The number of anilines is 1. The molecule has 10 heteroatoms. The number of aliphatic hydroxyl groups excluding tert-OH is 1. The summed E-state index contributed by atoms with van der Waals surface area (Å²) in [6.45, 7) is 1.13. The van der Waals surface area contributed by atoms with Crippen molar-refractivity contribution in [1.82, 2.24) is 34.9 Å². The Morgan fingerprint density at radius 3 is 2.85 bits per heavy atom. The molecule has 0 aliphatic carbocycles. The lowest BCUT2D eigenvalue weighted by Gasteiger charge is -2.15. The van der Waals surface area contributed by atoms with Gasteiger partial charge >= 0.3 is 6.03 Å². The van der Waals surface area contributed by atoms with E-state index in [-0.39, 0.29) is 18.6 Å². The summed E-state index contributed by atoms with van der Waals surface area (Å²) < 4.78 is 3.22. The molecule has 3 aromatic rings. The van der Waals surface area contributed by atoms with Crippen LogP contribution in [0.15, 0.2) is 48.9 Å². The van der Waals surface area contributed by atoms with Crippen LogP contribution in [0.4, 0.5) is 10.6 Å². The summed E-state index contributed by atoms with van der Waals surface area (Å²) in [5.41, 5.74) is 1.09. The van der Waals surface area contributed by atoms with Gasteiger partial charge in [0.2, 0.25) is 0 Å². The highest BCUT2D eigenvalue weighted by molar-refractivity contribution is 5.88. The number of amides is 2. The van der Waals surface area contributed by atoms with E-state index < -0.39 is 6.10 Å². The van der Waals surface area contributed by atoms with Crippen LogP contribution in [0.2, 0.25) is 0 Å². The molecule has 1 saturated heterocycles. The molecule has 2 atom stereocenters. The van der Waals surface area contributed by atoms with Crippen molar-refractivity contribution in [3.05, 3.63) is 54.5 Å². The molecule has 134 valence electrons. The highest BCUT2D eigenvalue weighted by atomic mass is 16.3. The molecule has 0 unspecified atom stereocenters. The van der Waals surface area contributed by atoms with Gasteiger partial charge in [0.1, 0.15) is 0 Å². The van der Waals surface area contributed by atoms with Gasteiger partial charge < -0.3 is 10.0 Å². The Labute approximate surface area is 149 Å². The Morgan fingerprint density at radius 2 is 2.08 bits per heavy atom. The third-order valence-electron chi connectivity index (χ3n) is 4.29. The van der Waals surface area contributed by atoms with E-state index in [1.807, 2.05) is 30.3 Å². The summed E-state index contributed by atoms with van der Waals surface area (Å²) in [4.78, 5) is 13.9. The minimum Gasteiger partial charge on any atom is -0.389 e. The van der Waals surface area contributed by atoms with Gasteiger partial charge in [-0.05, 0) is 5.56 Å². The predicted octanol–water partition coefficient (Wildman–Crippen LogP) is 0.368. The molecule has 1 aliphatic rings. The number of hydrogen-bond acceptors (Lipinski definition) is 6. The highest BCUT2D eigenvalue weighted by Gasteiger charge is 2.36. The second-order valence-corrected chi connectivity index (χ2v) is 6.14. The number of rotatable bonds is 4. The van der Waals surface area contributed by atoms with Crippen LogP contribution in [-0.2, 0) is 6.54 Å². The van der Waals surface area contributed by atoms with Gasteiger partial charge in [-0.1, -0.05) is 40.8 Å². The average molecular weight is 354 g/mol. The van der Waals surface area contributed by atoms with Gasteiger partial charge in [-0.25, -0.2) is 14.2 Å². The van der Waals surface area contributed by atoms with Crippen molar-refractivity contribution in [2.75, 3.05) is 18.4 Å². The third-order valence-corrected chi connectivity index (χ3v) is 4.29. The van der Waals surface area contributed by atoms with Crippen LogP contribution in [0.5, 0.6) is 0 Å². The molecule has 1 aliphatic heterocycles. The molecule has 1 aromatic carbocycles. The molecular weight excluding hydrogens is 336 g/mol. The molecule has 2 amide bonds. The number of aliphatic hydroxyl groups is 1. The number of nitrogens with one attached hydrogen (secondary N) is 1. The minimum absolute atomic E-state index is 0.217. The monoisotopic (exact) mass is 354 g/mol. The summed E-state index contributed by atoms with van der Waals surface area (Å²) >= 11 is 0. The Bertz CT molecular complexity index is 864. The Balaban J connectivity index is 1.37. The Hall–Kier alpha value is -3.27. The lowest BCUT2D eigenvalue weighted by molar-refractivity contribution is 0.139. The van der Waals surface area contributed by atoms with E-state index in [1.54, 1.807) is 28.0 Å². The predicted molar refractivity (Wildman–Crippen MR) is 91.2 cm³/mol. The van der Waals surface area contributed by atoms with Gasteiger partial charge in [0.15, 0.2) is 5.82 Å². The summed E-state index contributed by atoms with van der Waals surface area (Å²) in [6, 6.07) is 9.22. The van der Waals surface area contributed by atoms with E-state index in [0.29, 0.717) is 18.9 Å². The van der Waals surface area contributed by atoms with E-state index >= 15 is 0 Å². The van der Waals surface area contributed by atoms with Gasteiger partial charge in [0.05, 0.1) is 37.6 Å². The zero-order valence-electron chi connectivity index (χ0n) is 13.9. The number of β-amino-alcohol motifs (C(OH)–C–C–N with tert-alkyl or cyclic N) is 1. The van der Waals surface area contributed by atoms with E-state index in [1.165, 1.54) is 4.90 Å². The third kappa shape index (κ3) is 3.40. The van der Waals surface area contributed by atoms with Crippen molar-refractivity contribution in [3.8, 4) is 0 Å². The van der Waals surface area contributed by atoms with Gasteiger partial charge in [-0.3, -0.25) is 5.32 Å². The van der Waals surface area contributed by atoms with Crippen LogP contribution in [-0.4, -0.2) is 65.2 Å². The first-order valence-corrected chi connectivity index (χ1v) is 8.23. The average Bonchev–Trinajstić information content (AvgIpc) is 3.37. The lowest BCUT2D eigenvalue weighted by Crippen LogP contribution is -2.33. The normalized spacial score (nSPS) is 19.7. The molecule has 0 radical (unpaired) electrons. The van der Waals surface area contributed by atoms with Gasteiger partial charge in [-0.2, -0.15) is 0 Å². The first-order chi connectivity index (χ1) is 12.7. The van der Waals surface area contributed by atoms with Gasteiger partial charge in [-0.15, -0.1) is 10.2 Å². The number of nitrogens with zero attached hydrogens (tertiary/aromatic N) is 7. The van der Waals surface area contributed by atoms with Crippen molar-refractivity contribution in [1.29, 1.82) is 0 Å². The smallest absolute Gasteiger partial charge is 0.323 e. The number of likely N-dealkylation sites (tertiary alicyclic amines) is 1. The second kappa shape index (κ2) is 6.92. The van der Waals surface area contributed by atoms with Crippen molar-refractivity contribution >= 4 is 11.8 Å². The first kappa shape index (κ1) is 16.2. The first-order valence-electron chi connectivity index (χ1n) is 8.23. The standard InChI is InChI=1S/C16H18N8O2/c25-14-10-22(9-13(14)24-7-6-17-20-24)16(26)18-15-11-23(21-19-15)8-12-4-2-1-3-5-12/h1-7,11,13-14,25H,8-10H2,(H,18,26)/t13-,14-/m1/s1. The minimum atomic E-state index is -0.698. The SMILES string of the molecule is O=C(Nc1cn(Cc2ccccc2)nn1)N1C[C@@H](O)[C@H](n2ccnn2)C1. The topological polar surface area (TPSA) is 114 Å². The van der Waals surface area contributed by atoms with Crippen LogP contribution in [0, 0.1) is 0 Å². The molecule has 3 heterocycles. The largest absolute Gasteiger partial charge is 0.389 e. The van der Waals surface area contributed by atoms with Crippen molar-refractivity contribution in [2.24, 2.45) is 0 Å². The molecule has 10 nitrogen and oxygen atoms in total. The molecular formula is C16H18N8O2. The van der Waals surface area contributed by atoms with Crippen molar-refractivity contribution in [2.45, 2.75) is 18.7 Å². The fraction of sp³-hybridized carbons (Fsp3) is 0.312. The molecule has 2 N–H and O–H groups in total. The maximum absolute atomic E-state index is 12.4. The van der Waals surface area contributed by atoms with Gasteiger partial charge in [0, 0.05) is 12.7 Å². The number of carbonyl (C=O) groups is 1. The number of benzene rings is 1. The maximum atomic E-state index is 12.4. The van der Waals surface area contributed by atoms with Crippen LogP contribution < -0.4 is 5.32 Å². The number of urea groups is 1. The zero-order valence-corrected chi connectivity index (χ0v) is 13.9. The van der Waals surface area contributed by atoms with E-state index in [9.17, 15) is 9.90 Å². The molecule has 0 saturated carbocycles. The molecule has 4 rings (SSSR count). The van der Waals surface area contributed by atoms with E-state index in [0.717, 1.165) is 5.56 Å². The van der Waals surface area contributed by atoms with Crippen LogP contribution >= 0.6 is 0 Å². The number of hydrogen-bond donors (Lipinski definition) is 2. The Kier molecular flexibility index (Phi) is 4.32. The van der Waals surface area contributed by atoms with E-state index in [2.05, 4.69) is 25.9 Å². The highest BCUT2D eigenvalue weighted by Crippen LogP contribution is 2.21. The molecule has 1 fully saturated rings. The maximum Gasteiger partial charge on any atom is 0.323 e. The summed E-state index contributed by atoms with van der Waals surface area (Å²) in [5, 5.41) is 28.5. The van der Waals surface area contributed by atoms with Crippen molar-refractivity contribution < 1.29 is 9.90 Å². The molecule has 2 aromatic heterocycles. The fourth-order valence-corrected chi connectivity index (χ4v) is 2.98. The summed E-state index contributed by atoms with van der Waals surface area (Å²) in [5.74, 6) is 0.365. The Morgan fingerprint density at radius 1 is 1.23 bits per heavy atom. The second-order valence-electron chi connectivity index (χ2n) is 6.14. The van der Waals surface area contributed by atoms with Crippen LogP contribution in [0.3, 0.4) is 0 Å². The number of aromatic nitrogens is 6. The van der Waals surface area contributed by atoms with Crippen LogP contribution in [0.25, 0.3) is 0 Å². The van der Waals surface area contributed by atoms with Gasteiger partial charge in [0.25, 0.3) is 0 Å². The van der Waals surface area contributed by atoms with E-state index in [4.69, 9.17) is 0 Å². The van der Waals surface area contributed by atoms with Crippen molar-refractivity contribution in [3.63, 3.8) is 0 Å². The molecule has 26 heavy (non-hydrogen) atoms. The molecule has 0 bridgehead atoms. The lowest BCUT2D eigenvalue weighted by atomic mass is 10.2. The zero-order chi connectivity index (χ0) is 17.9. The van der Waals surface area contributed by atoms with Crippen LogP contribution in [0.1, 0.15) is 11.6 Å². The molecule has 0 spiro atoms. The fourth-order valence-electron chi connectivity index (χ4n) is 2.98. The summed E-state index contributed by atoms with van der Waals surface area (Å²) in [6.07, 6.45) is 4.19. The quantitative estimate of drug-likeness (QED) is 0.700.